The van der Waals surface area contributed by atoms with E-state index in [2.05, 4.69) is 264 Å². The Hall–Kier alpha value is -8.72. The van der Waals surface area contributed by atoms with E-state index in [4.69, 9.17) is 0 Å². The lowest BCUT2D eigenvalue weighted by molar-refractivity contribution is 1.18. The largest absolute Gasteiger partial charge is 0.310 e. The number of benzene rings is 12. The summed E-state index contributed by atoms with van der Waals surface area (Å²) < 4.78 is 2.47. The second kappa shape index (κ2) is 15.5. The molecule has 0 saturated heterocycles. The summed E-state index contributed by atoms with van der Waals surface area (Å²) >= 11 is 0. The van der Waals surface area contributed by atoms with Gasteiger partial charge < -0.3 is 9.47 Å². The van der Waals surface area contributed by atoms with Crippen molar-refractivity contribution in [2.45, 2.75) is 0 Å². The Morgan fingerprint density at radius 2 is 0.848 bits per heavy atom. The molecule has 0 fully saturated rings. The first-order chi connectivity index (χ1) is 32.7. The van der Waals surface area contributed by atoms with E-state index in [0.717, 1.165) is 22.7 Å². The van der Waals surface area contributed by atoms with Crippen molar-refractivity contribution >= 4 is 82.0 Å². The van der Waals surface area contributed by atoms with Crippen molar-refractivity contribution in [3.63, 3.8) is 0 Å². The van der Waals surface area contributed by atoms with E-state index in [-0.39, 0.29) is 0 Å². The Kier molecular flexibility index (Phi) is 8.89. The van der Waals surface area contributed by atoms with E-state index in [1.54, 1.807) is 0 Å². The average Bonchev–Trinajstić information content (AvgIpc) is 3.74. The standard InChI is InChI=1S/C64H42N2/c1-2-15-43(16-3-1)44-33-36-50(37-34-44)65(51-20-14-19-48(41-51)49-32-31-47-30-29-45-17-4-6-21-52(45)59(47)42-49)62-40-38-55(54-23-8-9-24-56(54)62)57-25-10-12-27-60(57)66-61-28-13-11-26-58(61)64-53-22-7-5-18-46(53)35-39-63(64)66/h1-42H. The van der Waals surface area contributed by atoms with E-state index in [9.17, 15) is 0 Å². The summed E-state index contributed by atoms with van der Waals surface area (Å²) in [5, 5.41) is 12.5. The fourth-order valence-corrected chi connectivity index (χ4v) is 10.5. The van der Waals surface area contributed by atoms with Crippen LogP contribution in [-0.4, -0.2) is 4.57 Å². The smallest absolute Gasteiger partial charge is 0.0547 e. The topological polar surface area (TPSA) is 8.17 Å². The van der Waals surface area contributed by atoms with Crippen LogP contribution in [0.1, 0.15) is 0 Å². The maximum atomic E-state index is 2.47. The van der Waals surface area contributed by atoms with E-state index in [1.165, 1.54) is 98.3 Å². The number of aromatic nitrogens is 1. The van der Waals surface area contributed by atoms with E-state index in [0.29, 0.717) is 0 Å². The first-order valence-corrected chi connectivity index (χ1v) is 22.8. The molecule has 13 rings (SSSR count). The van der Waals surface area contributed by atoms with Gasteiger partial charge in [0.2, 0.25) is 0 Å². The number of hydrogen-bond acceptors (Lipinski definition) is 1. The van der Waals surface area contributed by atoms with E-state index in [1.807, 2.05) is 0 Å². The molecule has 308 valence electrons. The van der Waals surface area contributed by atoms with Gasteiger partial charge in [-0.05, 0) is 120 Å². The van der Waals surface area contributed by atoms with Gasteiger partial charge in [-0.1, -0.05) is 200 Å². The molecule has 0 N–H and O–H groups in total. The molecule has 2 nitrogen and oxygen atoms in total. The predicted molar refractivity (Wildman–Crippen MR) is 282 cm³/mol. The molecule has 0 saturated carbocycles. The van der Waals surface area contributed by atoms with Crippen molar-refractivity contribution in [1.29, 1.82) is 0 Å². The highest BCUT2D eigenvalue weighted by Crippen LogP contribution is 2.46. The van der Waals surface area contributed by atoms with Crippen molar-refractivity contribution < 1.29 is 0 Å². The minimum atomic E-state index is 1.09. The van der Waals surface area contributed by atoms with Crippen LogP contribution in [0.5, 0.6) is 0 Å². The fraction of sp³-hybridized carbons (Fsp3) is 0. The predicted octanol–water partition coefficient (Wildman–Crippen LogP) is 17.9. The first kappa shape index (κ1) is 37.8. The molecule has 0 atom stereocenters. The van der Waals surface area contributed by atoms with Gasteiger partial charge in [0.25, 0.3) is 0 Å². The number of hydrogen-bond donors (Lipinski definition) is 0. The Morgan fingerprint density at radius 3 is 1.68 bits per heavy atom. The van der Waals surface area contributed by atoms with Crippen LogP contribution in [0.2, 0.25) is 0 Å². The zero-order valence-electron chi connectivity index (χ0n) is 36.1. The molecule has 0 aliphatic heterocycles. The third-order valence-electron chi connectivity index (χ3n) is 13.6. The molecule has 1 aromatic heterocycles. The molecule has 1 heterocycles. The summed E-state index contributed by atoms with van der Waals surface area (Å²) in [4.78, 5) is 2.44. The van der Waals surface area contributed by atoms with Crippen molar-refractivity contribution in [2.24, 2.45) is 0 Å². The van der Waals surface area contributed by atoms with Gasteiger partial charge in [0.1, 0.15) is 0 Å². The lowest BCUT2D eigenvalue weighted by atomic mass is 9.94. The maximum Gasteiger partial charge on any atom is 0.0547 e. The Labute approximate surface area is 383 Å². The molecular weight excluding hydrogens is 797 g/mol. The summed E-state index contributed by atoms with van der Waals surface area (Å²) in [5.74, 6) is 0. The summed E-state index contributed by atoms with van der Waals surface area (Å²) in [6, 6.07) is 93.3. The van der Waals surface area contributed by atoms with Crippen LogP contribution < -0.4 is 4.90 Å². The van der Waals surface area contributed by atoms with Gasteiger partial charge in [-0.3, -0.25) is 0 Å². The van der Waals surface area contributed by atoms with Crippen LogP contribution in [0.25, 0.3) is 104 Å². The Bertz CT molecular complexity index is 3990. The highest BCUT2D eigenvalue weighted by Gasteiger charge is 2.22. The molecule has 13 aromatic rings. The average molecular weight is 839 g/mol. The van der Waals surface area contributed by atoms with Crippen LogP contribution in [0.3, 0.4) is 0 Å². The zero-order valence-corrected chi connectivity index (χ0v) is 36.1. The molecular formula is C64H42N2. The minimum absolute atomic E-state index is 1.09. The van der Waals surface area contributed by atoms with Gasteiger partial charge in [-0.25, -0.2) is 0 Å². The van der Waals surface area contributed by atoms with Gasteiger partial charge in [0.05, 0.1) is 22.4 Å². The summed E-state index contributed by atoms with van der Waals surface area (Å²) in [6.07, 6.45) is 0. The fourth-order valence-electron chi connectivity index (χ4n) is 10.5. The van der Waals surface area contributed by atoms with Crippen molar-refractivity contribution in [3.8, 4) is 39.1 Å². The molecule has 0 bridgehead atoms. The van der Waals surface area contributed by atoms with Crippen molar-refractivity contribution in [1.82, 2.24) is 4.57 Å². The van der Waals surface area contributed by atoms with Crippen LogP contribution in [0, 0.1) is 0 Å². The number of para-hydroxylation sites is 2. The van der Waals surface area contributed by atoms with Crippen LogP contribution >= 0.6 is 0 Å². The third kappa shape index (κ3) is 6.18. The van der Waals surface area contributed by atoms with Crippen molar-refractivity contribution in [3.05, 3.63) is 255 Å². The molecule has 0 unspecified atom stereocenters. The molecule has 12 aromatic carbocycles. The van der Waals surface area contributed by atoms with Crippen molar-refractivity contribution in [2.75, 3.05) is 4.90 Å². The number of fused-ring (bicyclic) bond motifs is 9. The number of rotatable bonds is 7. The van der Waals surface area contributed by atoms with E-state index >= 15 is 0 Å². The van der Waals surface area contributed by atoms with Crippen LogP contribution in [0.4, 0.5) is 17.1 Å². The highest BCUT2D eigenvalue weighted by atomic mass is 15.1. The van der Waals surface area contributed by atoms with Crippen LogP contribution in [0.15, 0.2) is 255 Å². The van der Waals surface area contributed by atoms with Gasteiger partial charge in [0.15, 0.2) is 0 Å². The Morgan fingerprint density at radius 1 is 0.273 bits per heavy atom. The molecule has 0 spiro atoms. The Balaban J connectivity index is 0.998. The van der Waals surface area contributed by atoms with Gasteiger partial charge in [-0.15, -0.1) is 0 Å². The summed E-state index contributed by atoms with van der Waals surface area (Å²) in [5.41, 5.74) is 14.0. The second-order valence-corrected chi connectivity index (χ2v) is 17.2. The maximum absolute atomic E-state index is 2.47. The number of nitrogens with zero attached hydrogens (tertiary/aromatic N) is 2. The highest BCUT2D eigenvalue weighted by molar-refractivity contribution is 6.22. The quantitative estimate of drug-likeness (QED) is 0.145. The molecule has 0 aliphatic rings. The lowest BCUT2D eigenvalue weighted by Gasteiger charge is -2.28. The summed E-state index contributed by atoms with van der Waals surface area (Å²) in [7, 11) is 0. The van der Waals surface area contributed by atoms with Gasteiger partial charge in [0, 0.05) is 33.1 Å². The first-order valence-electron chi connectivity index (χ1n) is 22.8. The molecule has 0 aliphatic carbocycles. The van der Waals surface area contributed by atoms with Gasteiger partial charge in [-0.2, -0.15) is 0 Å². The molecule has 0 amide bonds. The molecule has 0 radical (unpaired) electrons. The molecule has 2 heteroatoms. The lowest BCUT2D eigenvalue weighted by Crippen LogP contribution is -2.11. The monoisotopic (exact) mass is 838 g/mol. The van der Waals surface area contributed by atoms with Crippen LogP contribution in [-0.2, 0) is 0 Å². The molecule has 66 heavy (non-hydrogen) atoms. The normalized spacial score (nSPS) is 11.6. The minimum Gasteiger partial charge on any atom is -0.310 e. The number of anilines is 3. The van der Waals surface area contributed by atoms with Gasteiger partial charge >= 0.3 is 0 Å². The second-order valence-electron chi connectivity index (χ2n) is 17.2. The zero-order chi connectivity index (χ0) is 43.6. The summed E-state index contributed by atoms with van der Waals surface area (Å²) in [6.45, 7) is 0. The third-order valence-corrected chi connectivity index (χ3v) is 13.6. The SMILES string of the molecule is c1ccc(-c2ccc(N(c3cccc(-c4ccc5ccc6ccccc6c5c4)c3)c3ccc(-c4ccccc4-n4c5ccccc5c5c6ccccc6ccc54)c4ccccc34)cc2)cc1. The van der Waals surface area contributed by atoms with E-state index < -0.39 is 0 Å².